The lowest BCUT2D eigenvalue weighted by Crippen LogP contribution is -2.54. The molecule has 4 aromatic carbocycles. The molecule has 0 spiro atoms. The number of nitrogens with zero attached hydrogens (tertiary/aromatic N) is 2. The molecule has 2 amide bonds. The van der Waals surface area contributed by atoms with Crippen molar-refractivity contribution in [3.05, 3.63) is 129 Å². The molecule has 0 bridgehead atoms. The highest BCUT2D eigenvalue weighted by atomic mass is 35.5. The Morgan fingerprint density at radius 1 is 0.800 bits per heavy atom. The predicted molar refractivity (Wildman–Crippen MR) is 181 cm³/mol. The molecular weight excluding hydrogens is 653 g/mol. The molecule has 1 unspecified atom stereocenters. The minimum Gasteiger partial charge on any atom is -0.352 e. The maximum Gasteiger partial charge on any atom is 0.264 e. The minimum absolute atomic E-state index is 0.00218. The van der Waals surface area contributed by atoms with Gasteiger partial charge in [-0.2, -0.15) is 0 Å². The van der Waals surface area contributed by atoms with Crippen LogP contribution in [0, 0.1) is 6.92 Å². The van der Waals surface area contributed by atoms with E-state index in [0.29, 0.717) is 10.6 Å². The van der Waals surface area contributed by atoms with Crippen molar-refractivity contribution in [2.75, 3.05) is 10.8 Å². The predicted octanol–water partition coefficient (Wildman–Crippen LogP) is 7.32. The van der Waals surface area contributed by atoms with Crippen molar-refractivity contribution < 1.29 is 18.0 Å². The first-order valence-electron chi connectivity index (χ1n) is 14.3. The zero-order valence-corrected chi connectivity index (χ0v) is 28.2. The van der Waals surface area contributed by atoms with Gasteiger partial charge in [0.05, 0.1) is 20.6 Å². The topological polar surface area (TPSA) is 86.8 Å². The van der Waals surface area contributed by atoms with Gasteiger partial charge in [-0.25, -0.2) is 8.42 Å². The van der Waals surface area contributed by atoms with Crippen LogP contribution in [-0.4, -0.2) is 43.8 Å². The van der Waals surface area contributed by atoms with Crippen molar-refractivity contribution in [3.63, 3.8) is 0 Å². The molecule has 4 rings (SSSR count). The minimum atomic E-state index is -4.27. The molecule has 45 heavy (non-hydrogen) atoms. The smallest absolute Gasteiger partial charge is 0.264 e. The average molecular weight is 687 g/mol. The maximum absolute atomic E-state index is 14.5. The van der Waals surface area contributed by atoms with Crippen LogP contribution in [0.2, 0.25) is 15.1 Å². The van der Waals surface area contributed by atoms with E-state index in [4.69, 9.17) is 34.8 Å². The van der Waals surface area contributed by atoms with Crippen LogP contribution < -0.4 is 9.62 Å². The number of rotatable bonds is 12. The molecule has 0 aliphatic rings. The summed E-state index contributed by atoms with van der Waals surface area (Å²) in [6, 6.07) is 25.8. The number of sulfonamides is 1. The molecule has 0 radical (unpaired) electrons. The van der Waals surface area contributed by atoms with Crippen molar-refractivity contribution in [3.8, 4) is 0 Å². The highest BCUT2D eigenvalue weighted by Gasteiger charge is 2.35. The summed E-state index contributed by atoms with van der Waals surface area (Å²) in [6.07, 6.45) is 0.198. The van der Waals surface area contributed by atoms with Gasteiger partial charge >= 0.3 is 0 Å². The quantitative estimate of drug-likeness (QED) is 0.169. The molecule has 4 aromatic rings. The highest BCUT2D eigenvalue weighted by Crippen LogP contribution is 2.31. The third-order valence-electron chi connectivity index (χ3n) is 7.02. The lowest BCUT2D eigenvalue weighted by Gasteiger charge is -2.34. The summed E-state index contributed by atoms with van der Waals surface area (Å²) in [7, 11) is -4.27. The Hall–Kier alpha value is -3.56. The standard InChI is InChI=1S/C34H34Cl3N3O4S/c1-23(2)38-34(42)32(19-25-8-5-4-6-9-25)39(21-26-10-7-11-27(35)18-26)33(41)22-40(28-14-17-30(36)31(37)20-28)45(43,44)29-15-12-24(3)13-16-29/h4-18,20,23,32H,19,21-22H2,1-3H3,(H,38,42). The number of hydrogen-bond acceptors (Lipinski definition) is 4. The Morgan fingerprint density at radius 3 is 2.09 bits per heavy atom. The van der Waals surface area contributed by atoms with E-state index in [2.05, 4.69) is 5.32 Å². The summed E-state index contributed by atoms with van der Waals surface area (Å²) < 4.78 is 29.2. The fourth-order valence-electron chi connectivity index (χ4n) is 4.77. The molecular formula is C34H34Cl3N3O4S. The van der Waals surface area contributed by atoms with Gasteiger partial charge in [0.15, 0.2) is 0 Å². The van der Waals surface area contributed by atoms with E-state index in [1.165, 1.54) is 35.2 Å². The number of anilines is 1. The van der Waals surface area contributed by atoms with Gasteiger partial charge in [0.1, 0.15) is 12.6 Å². The lowest BCUT2D eigenvalue weighted by molar-refractivity contribution is -0.140. The summed E-state index contributed by atoms with van der Waals surface area (Å²) in [6.45, 7) is 4.90. The third kappa shape index (κ3) is 9.01. The number of benzene rings is 4. The van der Waals surface area contributed by atoms with Crippen LogP contribution in [0.1, 0.15) is 30.5 Å². The van der Waals surface area contributed by atoms with Crippen molar-refractivity contribution in [1.82, 2.24) is 10.2 Å². The van der Waals surface area contributed by atoms with Gasteiger partial charge in [-0.05, 0) is 74.4 Å². The maximum atomic E-state index is 14.5. The first kappa shape index (κ1) is 34.3. The summed E-state index contributed by atoms with van der Waals surface area (Å²) in [4.78, 5) is 29.6. The number of aryl methyl sites for hydroxylation is 1. The largest absolute Gasteiger partial charge is 0.352 e. The van der Waals surface area contributed by atoms with Gasteiger partial charge in [-0.15, -0.1) is 0 Å². The van der Waals surface area contributed by atoms with Gasteiger partial charge in [-0.3, -0.25) is 13.9 Å². The molecule has 1 N–H and O–H groups in total. The second-order valence-corrected chi connectivity index (χ2v) is 14.1. The number of halogens is 3. The monoisotopic (exact) mass is 685 g/mol. The summed E-state index contributed by atoms with van der Waals surface area (Å²) in [5, 5.41) is 3.75. The second kappa shape index (κ2) is 15.1. The number of amides is 2. The van der Waals surface area contributed by atoms with Gasteiger partial charge in [-0.1, -0.05) is 95.0 Å². The van der Waals surface area contributed by atoms with E-state index >= 15 is 0 Å². The average Bonchev–Trinajstić information content (AvgIpc) is 2.99. The van der Waals surface area contributed by atoms with Crippen LogP contribution in [0.15, 0.2) is 102 Å². The van der Waals surface area contributed by atoms with Crippen molar-refractivity contribution in [1.29, 1.82) is 0 Å². The van der Waals surface area contributed by atoms with Crippen LogP contribution in [0.5, 0.6) is 0 Å². The molecule has 0 fully saturated rings. The second-order valence-electron chi connectivity index (χ2n) is 10.9. The Morgan fingerprint density at radius 2 is 1.47 bits per heavy atom. The van der Waals surface area contributed by atoms with Crippen LogP contribution in [0.3, 0.4) is 0 Å². The lowest BCUT2D eigenvalue weighted by atomic mass is 10.0. The molecule has 0 saturated heterocycles. The number of carbonyl (C=O) groups is 2. The molecule has 236 valence electrons. The Labute approximate surface area is 279 Å². The van der Waals surface area contributed by atoms with Gasteiger partial charge < -0.3 is 10.2 Å². The highest BCUT2D eigenvalue weighted by molar-refractivity contribution is 7.92. The van der Waals surface area contributed by atoms with Crippen LogP contribution >= 0.6 is 34.8 Å². The summed E-state index contributed by atoms with van der Waals surface area (Å²) in [5.41, 5.74) is 2.53. The first-order chi connectivity index (χ1) is 21.3. The molecule has 7 nitrogen and oxygen atoms in total. The van der Waals surface area contributed by atoms with E-state index < -0.39 is 28.5 Å². The Balaban J connectivity index is 1.82. The van der Waals surface area contributed by atoms with Crippen LogP contribution in [-0.2, 0) is 32.6 Å². The first-order valence-corrected chi connectivity index (χ1v) is 16.8. The summed E-state index contributed by atoms with van der Waals surface area (Å²) in [5.74, 6) is -0.969. The molecule has 1 atom stereocenters. The van der Waals surface area contributed by atoms with Gasteiger partial charge in [0.25, 0.3) is 10.0 Å². The van der Waals surface area contributed by atoms with Crippen LogP contribution in [0.25, 0.3) is 0 Å². The molecule has 0 aliphatic heterocycles. The summed E-state index contributed by atoms with van der Waals surface area (Å²) >= 11 is 18.8. The third-order valence-corrected chi connectivity index (χ3v) is 9.79. The fraction of sp³-hybridized carbons (Fsp3) is 0.235. The Kier molecular flexibility index (Phi) is 11.6. The normalized spacial score (nSPS) is 12.1. The van der Waals surface area contributed by atoms with E-state index in [0.717, 1.165) is 15.4 Å². The van der Waals surface area contributed by atoms with E-state index in [1.807, 2.05) is 51.1 Å². The molecule has 0 saturated carbocycles. The molecule has 0 aliphatic carbocycles. The van der Waals surface area contributed by atoms with Gasteiger partial charge in [0, 0.05) is 24.0 Å². The fourth-order valence-corrected chi connectivity index (χ4v) is 6.68. The molecule has 11 heteroatoms. The van der Waals surface area contributed by atoms with Gasteiger partial charge in [0.2, 0.25) is 11.8 Å². The van der Waals surface area contributed by atoms with Crippen molar-refractivity contribution >= 4 is 62.3 Å². The number of nitrogens with one attached hydrogen (secondary N) is 1. The van der Waals surface area contributed by atoms with E-state index in [1.54, 1.807) is 36.4 Å². The molecule has 0 heterocycles. The Bertz CT molecular complexity index is 1750. The van der Waals surface area contributed by atoms with E-state index in [-0.39, 0.29) is 45.5 Å². The molecule has 0 aromatic heterocycles. The van der Waals surface area contributed by atoms with Crippen LogP contribution in [0.4, 0.5) is 5.69 Å². The van der Waals surface area contributed by atoms with Crippen molar-refractivity contribution in [2.24, 2.45) is 0 Å². The van der Waals surface area contributed by atoms with E-state index in [9.17, 15) is 18.0 Å². The number of hydrogen-bond donors (Lipinski definition) is 1. The SMILES string of the molecule is Cc1ccc(S(=O)(=O)N(CC(=O)N(Cc2cccc(Cl)c2)C(Cc2ccccc2)C(=O)NC(C)C)c2ccc(Cl)c(Cl)c2)cc1. The number of carbonyl (C=O) groups excluding carboxylic acids is 2. The van der Waals surface area contributed by atoms with Crippen molar-refractivity contribution in [2.45, 2.75) is 50.7 Å². The zero-order chi connectivity index (χ0) is 32.7. The zero-order valence-electron chi connectivity index (χ0n) is 25.1.